The Morgan fingerprint density at radius 1 is 1.37 bits per heavy atom. The molecule has 1 aromatic heterocycles. The number of nitrogens with zero attached hydrogens (tertiary/aromatic N) is 2. The summed E-state index contributed by atoms with van der Waals surface area (Å²) in [6, 6.07) is 9.48. The molecule has 0 unspecified atom stereocenters. The molecule has 1 amide bonds. The average Bonchev–Trinajstić information content (AvgIpc) is 2.42. The monoisotopic (exact) mass is 318 g/mol. The zero-order valence-corrected chi connectivity index (χ0v) is 12.5. The average molecular weight is 319 g/mol. The highest BCUT2D eigenvalue weighted by Crippen LogP contribution is 2.18. The SMILES string of the molecule is Cc1ccc(C(=O)N(C)Cc2cccnc2)cc1Br. The Labute approximate surface area is 121 Å². The number of amides is 1. The van der Waals surface area contributed by atoms with E-state index in [0.717, 1.165) is 15.6 Å². The molecule has 0 aliphatic carbocycles. The molecule has 0 aliphatic heterocycles. The number of hydrogen-bond acceptors (Lipinski definition) is 2. The van der Waals surface area contributed by atoms with Crippen LogP contribution in [0.4, 0.5) is 0 Å². The molecule has 98 valence electrons. The third-order valence-corrected chi connectivity index (χ3v) is 3.76. The van der Waals surface area contributed by atoms with E-state index in [1.165, 1.54) is 0 Å². The maximum Gasteiger partial charge on any atom is 0.253 e. The third-order valence-electron chi connectivity index (χ3n) is 2.91. The van der Waals surface area contributed by atoms with E-state index in [2.05, 4.69) is 20.9 Å². The fourth-order valence-electron chi connectivity index (χ4n) is 1.78. The lowest BCUT2D eigenvalue weighted by Crippen LogP contribution is -2.26. The molecule has 0 saturated heterocycles. The summed E-state index contributed by atoms with van der Waals surface area (Å²) < 4.78 is 0.952. The van der Waals surface area contributed by atoms with Crippen LogP contribution < -0.4 is 0 Å². The molecule has 3 nitrogen and oxygen atoms in total. The van der Waals surface area contributed by atoms with Crippen LogP contribution in [0.3, 0.4) is 0 Å². The van der Waals surface area contributed by atoms with Crippen LogP contribution in [0, 0.1) is 6.92 Å². The minimum Gasteiger partial charge on any atom is -0.337 e. The first-order chi connectivity index (χ1) is 9.08. The highest BCUT2D eigenvalue weighted by Gasteiger charge is 2.12. The van der Waals surface area contributed by atoms with Crippen molar-refractivity contribution in [1.29, 1.82) is 0 Å². The van der Waals surface area contributed by atoms with Gasteiger partial charge in [0, 0.05) is 36.0 Å². The lowest BCUT2D eigenvalue weighted by Gasteiger charge is -2.17. The first-order valence-electron chi connectivity index (χ1n) is 5.98. The van der Waals surface area contributed by atoms with Gasteiger partial charge >= 0.3 is 0 Å². The summed E-state index contributed by atoms with van der Waals surface area (Å²) in [5, 5.41) is 0. The Morgan fingerprint density at radius 3 is 2.79 bits per heavy atom. The van der Waals surface area contributed by atoms with Gasteiger partial charge in [0.1, 0.15) is 0 Å². The van der Waals surface area contributed by atoms with E-state index in [0.29, 0.717) is 12.1 Å². The van der Waals surface area contributed by atoms with Gasteiger partial charge in [0.05, 0.1) is 0 Å². The number of aryl methyl sites for hydroxylation is 1. The normalized spacial score (nSPS) is 10.3. The molecule has 0 radical (unpaired) electrons. The molecule has 4 heteroatoms. The number of aromatic nitrogens is 1. The van der Waals surface area contributed by atoms with Crippen molar-refractivity contribution in [3.05, 3.63) is 63.9 Å². The second-order valence-corrected chi connectivity index (χ2v) is 5.34. The number of carbonyl (C=O) groups is 1. The van der Waals surface area contributed by atoms with Crippen LogP contribution in [0.25, 0.3) is 0 Å². The smallest absolute Gasteiger partial charge is 0.253 e. The van der Waals surface area contributed by atoms with Crippen LogP contribution >= 0.6 is 15.9 Å². The Hall–Kier alpha value is -1.68. The summed E-state index contributed by atoms with van der Waals surface area (Å²) in [5.41, 5.74) is 2.82. The van der Waals surface area contributed by atoms with Gasteiger partial charge in [-0.1, -0.05) is 28.1 Å². The Bertz CT molecular complexity index is 584. The van der Waals surface area contributed by atoms with Crippen LogP contribution in [0.5, 0.6) is 0 Å². The van der Waals surface area contributed by atoms with Gasteiger partial charge in [-0.2, -0.15) is 0 Å². The van der Waals surface area contributed by atoms with E-state index in [1.54, 1.807) is 24.3 Å². The number of hydrogen-bond donors (Lipinski definition) is 0. The predicted molar refractivity (Wildman–Crippen MR) is 78.9 cm³/mol. The molecule has 0 saturated carbocycles. The van der Waals surface area contributed by atoms with Crippen LogP contribution in [0.1, 0.15) is 21.5 Å². The van der Waals surface area contributed by atoms with Crippen molar-refractivity contribution in [3.8, 4) is 0 Å². The number of benzene rings is 1. The minimum atomic E-state index is 0.00422. The first kappa shape index (κ1) is 13.7. The van der Waals surface area contributed by atoms with Gasteiger partial charge in [0.15, 0.2) is 0 Å². The van der Waals surface area contributed by atoms with Gasteiger partial charge in [-0.25, -0.2) is 0 Å². The summed E-state index contributed by atoms with van der Waals surface area (Å²) in [5.74, 6) is 0.00422. The van der Waals surface area contributed by atoms with Crippen molar-refractivity contribution in [2.24, 2.45) is 0 Å². The fraction of sp³-hybridized carbons (Fsp3) is 0.200. The molecule has 2 rings (SSSR count). The van der Waals surface area contributed by atoms with E-state index in [1.807, 2.05) is 37.3 Å². The van der Waals surface area contributed by atoms with E-state index in [9.17, 15) is 4.79 Å². The summed E-state index contributed by atoms with van der Waals surface area (Å²) in [6.45, 7) is 2.55. The summed E-state index contributed by atoms with van der Waals surface area (Å²) >= 11 is 3.45. The molecular weight excluding hydrogens is 304 g/mol. The van der Waals surface area contributed by atoms with Crippen molar-refractivity contribution in [1.82, 2.24) is 9.88 Å². The van der Waals surface area contributed by atoms with E-state index in [4.69, 9.17) is 0 Å². The van der Waals surface area contributed by atoms with Gasteiger partial charge < -0.3 is 4.90 Å². The van der Waals surface area contributed by atoms with E-state index >= 15 is 0 Å². The van der Waals surface area contributed by atoms with Gasteiger partial charge in [0.2, 0.25) is 0 Å². The number of pyridine rings is 1. The first-order valence-corrected chi connectivity index (χ1v) is 6.78. The zero-order valence-electron chi connectivity index (χ0n) is 10.9. The summed E-state index contributed by atoms with van der Waals surface area (Å²) in [4.78, 5) is 18.0. The highest BCUT2D eigenvalue weighted by molar-refractivity contribution is 9.10. The van der Waals surface area contributed by atoms with Crippen LogP contribution in [0.2, 0.25) is 0 Å². The number of carbonyl (C=O) groups excluding carboxylic acids is 1. The third kappa shape index (κ3) is 3.41. The Morgan fingerprint density at radius 2 is 2.16 bits per heavy atom. The standard InChI is InChI=1S/C15H15BrN2O/c1-11-5-6-13(8-14(11)16)15(19)18(2)10-12-4-3-7-17-9-12/h3-9H,10H2,1-2H3. The molecular formula is C15H15BrN2O. The Balaban J connectivity index is 2.12. The second kappa shape index (κ2) is 5.97. The van der Waals surface area contributed by atoms with Crippen molar-refractivity contribution >= 4 is 21.8 Å². The lowest BCUT2D eigenvalue weighted by atomic mass is 10.1. The molecule has 0 atom stereocenters. The summed E-state index contributed by atoms with van der Waals surface area (Å²) in [7, 11) is 1.79. The molecule has 0 spiro atoms. The molecule has 0 bridgehead atoms. The summed E-state index contributed by atoms with van der Waals surface area (Å²) in [6.07, 6.45) is 3.50. The van der Waals surface area contributed by atoms with Gasteiger partial charge in [-0.15, -0.1) is 0 Å². The van der Waals surface area contributed by atoms with Gasteiger partial charge in [-0.05, 0) is 36.2 Å². The molecule has 2 aromatic rings. The topological polar surface area (TPSA) is 33.2 Å². The fourth-order valence-corrected chi connectivity index (χ4v) is 2.16. The van der Waals surface area contributed by atoms with Crippen LogP contribution in [-0.4, -0.2) is 22.8 Å². The predicted octanol–water partition coefficient (Wildman–Crippen LogP) is 3.42. The van der Waals surface area contributed by atoms with Crippen molar-refractivity contribution in [3.63, 3.8) is 0 Å². The molecule has 0 N–H and O–H groups in total. The van der Waals surface area contributed by atoms with Crippen LogP contribution in [0.15, 0.2) is 47.2 Å². The Kier molecular flexibility index (Phi) is 4.32. The molecule has 1 heterocycles. The molecule has 0 fully saturated rings. The quantitative estimate of drug-likeness (QED) is 0.868. The van der Waals surface area contributed by atoms with Crippen molar-refractivity contribution < 1.29 is 4.79 Å². The maximum atomic E-state index is 12.3. The van der Waals surface area contributed by atoms with E-state index in [-0.39, 0.29) is 5.91 Å². The zero-order chi connectivity index (χ0) is 13.8. The molecule has 0 aliphatic rings. The largest absolute Gasteiger partial charge is 0.337 e. The molecule has 19 heavy (non-hydrogen) atoms. The minimum absolute atomic E-state index is 0.00422. The van der Waals surface area contributed by atoms with Crippen LogP contribution in [-0.2, 0) is 6.54 Å². The van der Waals surface area contributed by atoms with Crippen molar-refractivity contribution in [2.75, 3.05) is 7.05 Å². The maximum absolute atomic E-state index is 12.3. The lowest BCUT2D eigenvalue weighted by molar-refractivity contribution is 0.0785. The second-order valence-electron chi connectivity index (χ2n) is 4.49. The van der Waals surface area contributed by atoms with E-state index < -0.39 is 0 Å². The number of halogens is 1. The molecule has 1 aromatic carbocycles. The highest BCUT2D eigenvalue weighted by atomic mass is 79.9. The van der Waals surface area contributed by atoms with Gasteiger partial charge in [-0.3, -0.25) is 9.78 Å². The number of rotatable bonds is 3. The van der Waals surface area contributed by atoms with Gasteiger partial charge in [0.25, 0.3) is 5.91 Å². The van der Waals surface area contributed by atoms with Crippen molar-refractivity contribution in [2.45, 2.75) is 13.5 Å².